The van der Waals surface area contributed by atoms with Crippen LogP contribution in [-0.2, 0) is 0 Å². The number of carbonyl (C=O) groups is 1. The summed E-state index contributed by atoms with van der Waals surface area (Å²) in [5.41, 5.74) is 13.4. The zero-order chi connectivity index (χ0) is 29.6. The largest absolute Gasteiger partial charge is 0.400 e. The average molecular weight is 558 g/mol. The van der Waals surface area contributed by atoms with Crippen molar-refractivity contribution in [2.75, 3.05) is 7.11 Å². The van der Waals surface area contributed by atoms with E-state index in [9.17, 15) is 4.79 Å². The lowest BCUT2D eigenvalue weighted by Gasteiger charge is -2.15. The first kappa shape index (κ1) is 29.0. The first-order valence-corrected chi connectivity index (χ1v) is 14.7. The van der Waals surface area contributed by atoms with Gasteiger partial charge in [0.2, 0.25) is 5.91 Å². The maximum atomic E-state index is 11.7. The van der Waals surface area contributed by atoms with E-state index in [2.05, 4.69) is 66.1 Å². The number of hydrogen-bond acceptors (Lipinski definition) is 3. The molecule has 0 radical (unpaired) electrons. The molecule has 1 aliphatic carbocycles. The standard InChI is InChI=1S/C29H21N3O.C7H14.CH4O/c1-18-15-21(13-14-22(18)29(30)33)32-26-11-5-3-8-24(26)28-23(9-6-12-27(28)32)20-16-19-7-2-4-10-25(19)31-17-20;1-7-5-3-2-4-6-7;1-2/h2-17H,1H3,(H2,30,33);7H,2-6H2,1H3;2H,1H3. The third-order valence-corrected chi connectivity index (χ3v) is 8.23. The lowest BCUT2D eigenvalue weighted by molar-refractivity contribution is 0.0999. The second-order valence-electron chi connectivity index (χ2n) is 11.1. The first-order valence-electron chi connectivity index (χ1n) is 14.7. The number of fused-ring (bicyclic) bond motifs is 4. The summed E-state index contributed by atoms with van der Waals surface area (Å²) < 4.78 is 2.25. The monoisotopic (exact) mass is 557 g/mol. The molecule has 0 saturated heterocycles. The van der Waals surface area contributed by atoms with Crippen molar-refractivity contribution in [2.24, 2.45) is 11.7 Å². The van der Waals surface area contributed by atoms with E-state index in [1.54, 1.807) is 0 Å². The Morgan fingerprint density at radius 1 is 0.857 bits per heavy atom. The number of nitrogens with zero attached hydrogens (tertiary/aromatic N) is 2. The molecule has 42 heavy (non-hydrogen) atoms. The van der Waals surface area contributed by atoms with Gasteiger partial charge in [-0.1, -0.05) is 87.6 Å². The minimum absolute atomic E-state index is 0.410. The van der Waals surface area contributed by atoms with Crippen molar-refractivity contribution in [3.8, 4) is 16.8 Å². The molecule has 0 unspecified atom stereocenters. The Labute approximate surface area is 247 Å². The quantitative estimate of drug-likeness (QED) is 0.229. The summed E-state index contributed by atoms with van der Waals surface area (Å²) >= 11 is 0. The van der Waals surface area contributed by atoms with Crippen molar-refractivity contribution in [1.82, 2.24) is 9.55 Å². The van der Waals surface area contributed by atoms with Crippen molar-refractivity contribution >= 4 is 38.6 Å². The number of primary amides is 1. The number of rotatable bonds is 3. The fourth-order valence-electron chi connectivity index (χ4n) is 6.13. The Kier molecular flexibility index (Phi) is 8.99. The van der Waals surface area contributed by atoms with Crippen LogP contribution in [0.4, 0.5) is 0 Å². The smallest absolute Gasteiger partial charge is 0.248 e. The van der Waals surface area contributed by atoms with E-state index in [0.717, 1.165) is 57.3 Å². The fourth-order valence-corrected chi connectivity index (χ4v) is 6.13. The molecule has 1 fully saturated rings. The molecule has 0 atom stereocenters. The molecule has 4 aromatic carbocycles. The number of aliphatic hydroxyl groups is 1. The van der Waals surface area contributed by atoms with Gasteiger partial charge in [-0.3, -0.25) is 9.78 Å². The van der Waals surface area contributed by atoms with Crippen LogP contribution >= 0.6 is 0 Å². The van der Waals surface area contributed by atoms with Crippen LogP contribution in [-0.4, -0.2) is 27.7 Å². The fraction of sp³-hybridized carbons (Fsp3) is 0.243. The molecule has 5 heteroatoms. The molecule has 5 nitrogen and oxygen atoms in total. The Balaban J connectivity index is 0.000000341. The Bertz CT molecular complexity index is 1850. The third kappa shape index (κ3) is 5.79. The van der Waals surface area contributed by atoms with E-state index in [1.165, 1.54) is 42.9 Å². The SMILES string of the molecule is CC1CCCCC1.CO.Cc1cc(-n2c3ccccc3c3c(-c4cnc5ccccc5c4)cccc32)ccc1C(N)=O. The van der Waals surface area contributed by atoms with Crippen LogP contribution in [0.15, 0.2) is 97.2 Å². The van der Waals surface area contributed by atoms with E-state index in [-0.39, 0.29) is 0 Å². The summed E-state index contributed by atoms with van der Waals surface area (Å²) in [6.07, 6.45) is 9.39. The van der Waals surface area contributed by atoms with Gasteiger partial charge in [-0.05, 0) is 66.4 Å². The Morgan fingerprint density at radius 2 is 1.57 bits per heavy atom. The summed E-state index contributed by atoms with van der Waals surface area (Å²) in [5, 5.41) is 10.5. The number of amides is 1. The van der Waals surface area contributed by atoms with Crippen molar-refractivity contribution < 1.29 is 9.90 Å². The molecule has 2 heterocycles. The zero-order valence-corrected chi connectivity index (χ0v) is 24.7. The van der Waals surface area contributed by atoms with Gasteiger partial charge >= 0.3 is 0 Å². The number of carbonyl (C=O) groups excluding carboxylic acids is 1. The van der Waals surface area contributed by atoms with Crippen molar-refractivity contribution in [3.05, 3.63) is 108 Å². The van der Waals surface area contributed by atoms with E-state index in [1.807, 2.05) is 49.5 Å². The minimum atomic E-state index is -0.410. The predicted molar refractivity (Wildman–Crippen MR) is 175 cm³/mol. The van der Waals surface area contributed by atoms with E-state index < -0.39 is 5.91 Å². The number of aryl methyl sites for hydroxylation is 1. The minimum Gasteiger partial charge on any atom is -0.400 e. The Morgan fingerprint density at radius 3 is 2.29 bits per heavy atom. The summed E-state index contributed by atoms with van der Waals surface area (Å²) in [4.78, 5) is 16.4. The topological polar surface area (TPSA) is 81.1 Å². The molecule has 1 aliphatic rings. The molecule has 1 saturated carbocycles. The highest BCUT2D eigenvalue weighted by Gasteiger charge is 2.17. The number of nitrogens with two attached hydrogens (primary N) is 1. The van der Waals surface area contributed by atoms with Crippen LogP contribution in [0.2, 0.25) is 0 Å². The molecular formula is C37H39N3O2. The summed E-state index contributed by atoms with van der Waals surface area (Å²) in [7, 11) is 1.00. The molecular weight excluding hydrogens is 518 g/mol. The maximum absolute atomic E-state index is 11.7. The molecule has 0 spiro atoms. The van der Waals surface area contributed by atoms with Crippen LogP contribution in [0.1, 0.15) is 54.9 Å². The van der Waals surface area contributed by atoms with Gasteiger partial charge in [0.1, 0.15) is 0 Å². The zero-order valence-electron chi connectivity index (χ0n) is 24.7. The molecule has 7 rings (SSSR count). The molecule has 0 aliphatic heterocycles. The number of benzene rings is 4. The molecule has 0 bridgehead atoms. The molecule has 214 valence electrons. The van der Waals surface area contributed by atoms with E-state index in [0.29, 0.717) is 5.56 Å². The number of pyridine rings is 1. The van der Waals surface area contributed by atoms with Crippen LogP contribution < -0.4 is 5.73 Å². The van der Waals surface area contributed by atoms with Crippen LogP contribution in [0, 0.1) is 12.8 Å². The highest BCUT2D eigenvalue weighted by atomic mass is 16.2. The second kappa shape index (κ2) is 13.0. The van der Waals surface area contributed by atoms with Gasteiger partial charge < -0.3 is 15.4 Å². The molecule has 1 amide bonds. The van der Waals surface area contributed by atoms with Gasteiger partial charge in [0.05, 0.1) is 16.6 Å². The number of hydrogen-bond donors (Lipinski definition) is 2. The van der Waals surface area contributed by atoms with Gasteiger partial charge in [-0.25, -0.2) is 0 Å². The van der Waals surface area contributed by atoms with Gasteiger partial charge in [0.15, 0.2) is 0 Å². The van der Waals surface area contributed by atoms with E-state index in [4.69, 9.17) is 15.8 Å². The van der Waals surface area contributed by atoms with Gasteiger partial charge in [0, 0.05) is 46.3 Å². The summed E-state index contributed by atoms with van der Waals surface area (Å²) in [6.45, 7) is 4.28. The molecule has 3 N–H and O–H groups in total. The van der Waals surface area contributed by atoms with Gasteiger partial charge in [0.25, 0.3) is 0 Å². The summed E-state index contributed by atoms with van der Waals surface area (Å²) in [6, 6.07) is 31.0. The van der Waals surface area contributed by atoms with E-state index >= 15 is 0 Å². The van der Waals surface area contributed by atoms with Crippen molar-refractivity contribution in [3.63, 3.8) is 0 Å². The maximum Gasteiger partial charge on any atom is 0.248 e. The lowest BCUT2D eigenvalue weighted by atomic mass is 9.91. The first-order chi connectivity index (χ1) is 20.5. The molecule has 2 aromatic heterocycles. The normalized spacial score (nSPS) is 13.3. The predicted octanol–water partition coefficient (Wildman–Crippen LogP) is 8.60. The van der Waals surface area contributed by atoms with Gasteiger partial charge in [-0.15, -0.1) is 0 Å². The highest BCUT2D eigenvalue weighted by molar-refractivity contribution is 6.16. The van der Waals surface area contributed by atoms with Crippen molar-refractivity contribution in [1.29, 1.82) is 0 Å². The lowest BCUT2D eigenvalue weighted by Crippen LogP contribution is -2.12. The number of aliphatic hydroxyl groups excluding tert-OH is 1. The van der Waals surface area contributed by atoms with Crippen molar-refractivity contribution in [2.45, 2.75) is 46.0 Å². The average Bonchev–Trinajstić information content (AvgIpc) is 3.37. The summed E-state index contributed by atoms with van der Waals surface area (Å²) in [5.74, 6) is 0.626. The number of para-hydroxylation sites is 2. The second-order valence-corrected chi connectivity index (χ2v) is 11.1. The Hall–Kier alpha value is -4.48. The van der Waals surface area contributed by atoms with Crippen LogP contribution in [0.5, 0.6) is 0 Å². The highest BCUT2D eigenvalue weighted by Crippen LogP contribution is 2.39. The van der Waals surface area contributed by atoms with Crippen LogP contribution in [0.25, 0.3) is 49.5 Å². The van der Waals surface area contributed by atoms with Crippen LogP contribution in [0.3, 0.4) is 0 Å². The van der Waals surface area contributed by atoms with Gasteiger partial charge in [-0.2, -0.15) is 0 Å². The number of aromatic nitrogens is 2. The molecule has 6 aromatic rings. The third-order valence-electron chi connectivity index (χ3n) is 8.23.